The predicted octanol–water partition coefficient (Wildman–Crippen LogP) is 5.05. The summed E-state index contributed by atoms with van der Waals surface area (Å²) in [6, 6.07) is 18.8. The van der Waals surface area contributed by atoms with Crippen molar-refractivity contribution in [2.24, 2.45) is 5.92 Å². The number of aromatic nitrogens is 3. The van der Waals surface area contributed by atoms with Gasteiger partial charge in [-0.05, 0) is 61.7 Å². The standard InChI is InChI=1S/C41H37ClN8O6/c42-32-17-27(56-26-4-2-1-3-5-26)7-9-29(32)36(52)31-18-43-37-35(31)38(45-22-44-37)46-24-12-14-48(15-13-24)19-23-20-49(21-23)25-6-8-28-30(16-25)41(55)50(40(28)54)33-10-11-34(51)47-39(33)53/h1-9,16-18,22-24,33H,10-15,19-21H2,(H,47,51,53)(H2,43,44,45,46). The molecule has 56 heavy (non-hydrogen) atoms. The van der Waals surface area contributed by atoms with Gasteiger partial charge in [-0.1, -0.05) is 29.8 Å². The highest BCUT2D eigenvalue weighted by molar-refractivity contribution is 6.36. The summed E-state index contributed by atoms with van der Waals surface area (Å²) in [6.45, 7) is 4.40. The Hall–Kier alpha value is -6.12. The molecule has 0 saturated carbocycles. The lowest BCUT2D eigenvalue weighted by atomic mass is 9.95. The van der Waals surface area contributed by atoms with E-state index in [0.717, 1.165) is 56.2 Å². The average molecular weight is 773 g/mol. The van der Waals surface area contributed by atoms with Crippen LogP contribution in [-0.2, 0) is 9.59 Å². The molecule has 3 N–H and O–H groups in total. The zero-order valence-corrected chi connectivity index (χ0v) is 30.9. The van der Waals surface area contributed by atoms with Crippen molar-refractivity contribution < 1.29 is 28.7 Å². The van der Waals surface area contributed by atoms with E-state index in [9.17, 15) is 24.0 Å². The van der Waals surface area contributed by atoms with Crippen LogP contribution in [0.1, 0.15) is 62.3 Å². The van der Waals surface area contributed by atoms with E-state index in [4.69, 9.17) is 16.3 Å². The number of aromatic amines is 1. The molecule has 0 radical (unpaired) electrons. The zero-order chi connectivity index (χ0) is 38.5. The summed E-state index contributed by atoms with van der Waals surface area (Å²) in [6.07, 6.45) is 5.14. The molecule has 15 heteroatoms. The smallest absolute Gasteiger partial charge is 0.262 e. The minimum atomic E-state index is -0.983. The molecule has 5 aromatic rings. The lowest BCUT2D eigenvalue weighted by molar-refractivity contribution is -0.136. The number of piperidine rings is 2. The second kappa shape index (κ2) is 14.5. The number of carbonyl (C=O) groups is 5. The van der Waals surface area contributed by atoms with Crippen molar-refractivity contribution in [1.29, 1.82) is 0 Å². The van der Waals surface area contributed by atoms with Crippen molar-refractivity contribution in [1.82, 2.24) is 30.1 Å². The van der Waals surface area contributed by atoms with Crippen molar-refractivity contribution in [3.05, 3.63) is 107 Å². The van der Waals surface area contributed by atoms with Crippen molar-refractivity contribution in [2.45, 2.75) is 37.8 Å². The number of likely N-dealkylation sites (tertiary alicyclic amines) is 1. The van der Waals surface area contributed by atoms with Gasteiger partial charge in [0.05, 0.1) is 27.1 Å². The van der Waals surface area contributed by atoms with Gasteiger partial charge in [-0.3, -0.25) is 34.2 Å². The van der Waals surface area contributed by atoms with Crippen LogP contribution in [0.4, 0.5) is 11.5 Å². The van der Waals surface area contributed by atoms with Crippen LogP contribution in [0, 0.1) is 5.92 Å². The van der Waals surface area contributed by atoms with E-state index < -0.39 is 29.7 Å². The van der Waals surface area contributed by atoms with Crippen LogP contribution < -0.4 is 20.3 Å². The van der Waals surface area contributed by atoms with Gasteiger partial charge in [0, 0.05) is 74.6 Å². The molecule has 0 bridgehead atoms. The van der Waals surface area contributed by atoms with Crippen molar-refractivity contribution in [3.63, 3.8) is 0 Å². The van der Waals surface area contributed by atoms with E-state index in [0.29, 0.717) is 51.0 Å². The number of amides is 4. The van der Waals surface area contributed by atoms with E-state index in [-0.39, 0.29) is 35.3 Å². The number of ketones is 1. The first-order valence-electron chi connectivity index (χ1n) is 18.7. The van der Waals surface area contributed by atoms with E-state index >= 15 is 0 Å². The number of hydrogen-bond acceptors (Lipinski definition) is 11. The van der Waals surface area contributed by atoms with Gasteiger partial charge in [0.25, 0.3) is 11.8 Å². The first kappa shape index (κ1) is 35.6. The van der Waals surface area contributed by atoms with Gasteiger partial charge in [0.15, 0.2) is 5.78 Å². The molecule has 284 valence electrons. The monoisotopic (exact) mass is 772 g/mol. The number of anilines is 2. The van der Waals surface area contributed by atoms with Crippen LogP contribution in [0.2, 0.25) is 5.02 Å². The molecule has 1 unspecified atom stereocenters. The quantitative estimate of drug-likeness (QED) is 0.128. The van der Waals surface area contributed by atoms with E-state index in [1.807, 2.05) is 36.4 Å². The molecular formula is C41H37ClN8O6. The summed E-state index contributed by atoms with van der Waals surface area (Å²) in [5, 5.41) is 6.73. The molecule has 3 fully saturated rings. The molecule has 1 atom stereocenters. The summed E-state index contributed by atoms with van der Waals surface area (Å²) in [4.78, 5) is 81.9. The van der Waals surface area contributed by atoms with Crippen molar-refractivity contribution in [3.8, 4) is 11.5 Å². The van der Waals surface area contributed by atoms with Crippen LogP contribution in [0.3, 0.4) is 0 Å². The number of rotatable bonds is 10. The van der Waals surface area contributed by atoms with Crippen LogP contribution in [-0.4, -0.2) is 99.0 Å². The number of H-pyrrole nitrogens is 1. The number of carbonyl (C=O) groups excluding carboxylic acids is 5. The van der Waals surface area contributed by atoms with Crippen LogP contribution in [0.25, 0.3) is 11.0 Å². The van der Waals surface area contributed by atoms with Gasteiger partial charge in [0.1, 0.15) is 35.3 Å². The normalized spacial score (nSPS) is 19.3. The Bertz CT molecular complexity index is 2410. The highest BCUT2D eigenvalue weighted by Crippen LogP contribution is 2.35. The largest absolute Gasteiger partial charge is 0.457 e. The fourth-order valence-corrected chi connectivity index (χ4v) is 8.39. The van der Waals surface area contributed by atoms with E-state index in [2.05, 4.69) is 35.4 Å². The highest BCUT2D eigenvalue weighted by atomic mass is 35.5. The minimum absolute atomic E-state index is 0.0833. The Kier molecular flexibility index (Phi) is 9.22. The third-order valence-electron chi connectivity index (χ3n) is 11.1. The minimum Gasteiger partial charge on any atom is -0.457 e. The van der Waals surface area contributed by atoms with Gasteiger partial charge in [-0.15, -0.1) is 0 Å². The number of nitrogens with zero attached hydrogens (tertiary/aromatic N) is 5. The van der Waals surface area contributed by atoms with E-state index in [1.165, 1.54) is 6.33 Å². The van der Waals surface area contributed by atoms with Gasteiger partial charge in [-0.2, -0.15) is 0 Å². The summed E-state index contributed by atoms with van der Waals surface area (Å²) < 4.78 is 5.89. The van der Waals surface area contributed by atoms with Crippen LogP contribution in [0.15, 0.2) is 79.3 Å². The van der Waals surface area contributed by atoms with Crippen molar-refractivity contribution >= 4 is 63.6 Å². The first-order chi connectivity index (χ1) is 27.2. The number of ether oxygens (including phenoxy) is 1. The number of nitrogens with one attached hydrogen (secondary N) is 3. The predicted molar refractivity (Wildman–Crippen MR) is 207 cm³/mol. The topological polar surface area (TPSA) is 170 Å². The molecule has 4 aliphatic heterocycles. The molecule has 0 aliphatic carbocycles. The molecule has 6 heterocycles. The Labute approximate surface area is 326 Å². The van der Waals surface area contributed by atoms with Gasteiger partial charge >= 0.3 is 0 Å². The maximum absolute atomic E-state index is 13.8. The number of fused-ring (bicyclic) bond motifs is 2. The molecule has 3 aromatic carbocycles. The number of imide groups is 2. The SMILES string of the molecule is O=C1CCC(N2C(=O)c3ccc(N4CC(CN5CCC(Nc6ncnc7[nH]cc(C(=O)c8ccc(Oc9ccccc9)cc8Cl)c67)CC5)C4)cc3C2=O)C(=O)N1. The van der Waals surface area contributed by atoms with Crippen molar-refractivity contribution in [2.75, 3.05) is 42.9 Å². The van der Waals surface area contributed by atoms with Gasteiger partial charge < -0.3 is 24.8 Å². The lowest BCUT2D eigenvalue weighted by Gasteiger charge is -2.44. The third kappa shape index (κ3) is 6.64. The second-order valence-corrected chi connectivity index (χ2v) is 15.1. The Morgan fingerprint density at radius 3 is 2.43 bits per heavy atom. The Morgan fingerprint density at radius 1 is 0.875 bits per heavy atom. The summed E-state index contributed by atoms with van der Waals surface area (Å²) in [7, 11) is 0. The first-order valence-corrected chi connectivity index (χ1v) is 19.1. The molecule has 2 aromatic heterocycles. The number of benzene rings is 3. The Balaban J connectivity index is 0.790. The molecule has 9 rings (SSSR count). The number of hydrogen-bond donors (Lipinski definition) is 3. The lowest BCUT2D eigenvalue weighted by Crippen LogP contribution is -2.54. The fourth-order valence-electron chi connectivity index (χ4n) is 8.13. The molecule has 4 aliphatic rings. The van der Waals surface area contributed by atoms with Crippen LogP contribution >= 0.6 is 11.6 Å². The fraction of sp³-hybridized carbons (Fsp3) is 0.293. The summed E-state index contributed by atoms with van der Waals surface area (Å²) in [5.74, 6) is -0.0173. The Morgan fingerprint density at radius 2 is 1.66 bits per heavy atom. The maximum Gasteiger partial charge on any atom is 0.262 e. The van der Waals surface area contributed by atoms with E-state index in [1.54, 1.807) is 36.5 Å². The molecule has 4 amide bonds. The molecule has 14 nitrogen and oxygen atoms in total. The summed E-state index contributed by atoms with van der Waals surface area (Å²) >= 11 is 6.62. The highest BCUT2D eigenvalue weighted by Gasteiger charge is 2.45. The maximum atomic E-state index is 13.8. The average Bonchev–Trinajstić information content (AvgIpc) is 3.72. The molecule has 3 saturated heterocycles. The number of para-hydroxylation sites is 1. The number of halogens is 1. The zero-order valence-electron chi connectivity index (χ0n) is 30.2. The van der Waals surface area contributed by atoms with Crippen LogP contribution in [0.5, 0.6) is 11.5 Å². The third-order valence-corrected chi connectivity index (χ3v) is 11.4. The van der Waals surface area contributed by atoms with Gasteiger partial charge in [0.2, 0.25) is 11.8 Å². The van der Waals surface area contributed by atoms with Gasteiger partial charge in [-0.25, -0.2) is 9.97 Å². The molecule has 0 spiro atoms. The second-order valence-electron chi connectivity index (χ2n) is 14.7. The molecular weight excluding hydrogens is 736 g/mol. The summed E-state index contributed by atoms with van der Waals surface area (Å²) in [5.41, 5.74) is 2.78.